The molecule has 0 radical (unpaired) electrons. The van der Waals surface area contributed by atoms with Crippen LogP contribution in [0.3, 0.4) is 0 Å². The van der Waals surface area contributed by atoms with Gasteiger partial charge in [-0.2, -0.15) is 0 Å². The minimum absolute atomic E-state index is 0.106. The SMILES string of the molecule is CCC(Nc1cc(C(C)(C)C)ccc1OC)c1ccco1. The molecule has 114 valence electrons. The number of benzene rings is 1. The molecule has 2 rings (SSSR count). The summed E-state index contributed by atoms with van der Waals surface area (Å²) in [5.74, 6) is 1.80. The van der Waals surface area contributed by atoms with Crippen LogP contribution < -0.4 is 10.1 Å². The molecule has 0 bridgehead atoms. The van der Waals surface area contributed by atoms with Crippen molar-refractivity contribution in [3.63, 3.8) is 0 Å². The topological polar surface area (TPSA) is 34.4 Å². The third-order valence-electron chi connectivity index (χ3n) is 3.69. The van der Waals surface area contributed by atoms with Crippen LogP contribution >= 0.6 is 0 Å². The predicted octanol–water partition coefficient (Wildman–Crippen LogP) is 5.15. The van der Waals surface area contributed by atoms with E-state index < -0.39 is 0 Å². The van der Waals surface area contributed by atoms with E-state index >= 15 is 0 Å². The highest BCUT2D eigenvalue weighted by molar-refractivity contribution is 5.59. The normalized spacial score (nSPS) is 13.0. The number of hydrogen-bond acceptors (Lipinski definition) is 3. The number of ether oxygens (including phenoxy) is 1. The zero-order valence-electron chi connectivity index (χ0n) is 13.6. The van der Waals surface area contributed by atoms with Gasteiger partial charge in [0.25, 0.3) is 0 Å². The molecule has 2 aromatic rings. The highest BCUT2D eigenvalue weighted by Gasteiger charge is 2.18. The lowest BCUT2D eigenvalue weighted by Crippen LogP contribution is -2.14. The summed E-state index contributed by atoms with van der Waals surface area (Å²) in [5.41, 5.74) is 2.39. The Bertz CT molecular complexity index is 567. The molecule has 0 aliphatic carbocycles. The van der Waals surface area contributed by atoms with E-state index in [0.29, 0.717) is 0 Å². The predicted molar refractivity (Wildman–Crippen MR) is 87.1 cm³/mol. The zero-order chi connectivity index (χ0) is 15.5. The summed E-state index contributed by atoms with van der Waals surface area (Å²) in [5, 5.41) is 3.54. The van der Waals surface area contributed by atoms with Gasteiger partial charge in [0, 0.05) is 0 Å². The molecule has 1 unspecified atom stereocenters. The minimum Gasteiger partial charge on any atom is -0.495 e. The first kappa shape index (κ1) is 15.5. The Labute approximate surface area is 127 Å². The number of methoxy groups -OCH3 is 1. The van der Waals surface area contributed by atoms with Crippen LogP contribution in [-0.4, -0.2) is 7.11 Å². The minimum atomic E-state index is 0.106. The smallest absolute Gasteiger partial charge is 0.141 e. The Morgan fingerprint density at radius 1 is 1.24 bits per heavy atom. The number of hydrogen-bond donors (Lipinski definition) is 1. The van der Waals surface area contributed by atoms with Crippen LogP contribution in [0.4, 0.5) is 5.69 Å². The van der Waals surface area contributed by atoms with Crippen LogP contribution in [0, 0.1) is 0 Å². The molecule has 3 nitrogen and oxygen atoms in total. The summed E-state index contributed by atoms with van der Waals surface area (Å²) in [7, 11) is 1.70. The van der Waals surface area contributed by atoms with E-state index in [-0.39, 0.29) is 11.5 Å². The summed E-state index contributed by atoms with van der Waals surface area (Å²) in [6.07, 6.45) is 2.65. The van der Waals surface area contributed by atoms with Gasteiger partial charge < -0.3 is 14.5 Å². The van der Waals surface area contributed by atoms with Gasteiger partial charge in [0.05, 0.1) is 25.1 Å². The van der Waals surface area contributed by atoms with Crippen LogP contribution in [0.15, 0.2) is 41.0 Å². The van der Waals surface area contributed by atoms with E-state index in [2.05, 4.69) is 45.1 Å². The lowest BCUT2D eigenvalue weighted by molar-refractivity contribution is 0.414. The van der Waals surface area contributed by atoms with Crippen LogP contribution in [0.25, 0.3) is 0 Å². The van der Waals surface area contributed by atoms with Crippen molar-refractivity contribution in [1.29, 1.82) is 0 Å². The fourth-order valence-electron chi connectivity index (χ4n) is 2.34. The molecular formula is C18H25NO2. The molecule has 21 heavy (non-hydrogen) atoms. The number of nitrogens with one attached hydrogen (secondary N) is 1. The van der Waals surface area contributed by atoms with E-state index in [1.807, 2.05) is 18.2 Å². The largest absolute Gasteiger partial charge is 0.495 e. The molecule has 0 saturated carbocycles. The molecule has 3 heteroatoms. The molecule has 0 aliphatic rings. The van der Waals surface area contributed by atoms with Crippen molar-refractivity contribution >= 4 is 5.69 Å². The highest BCUT2D eigenvalue weighted by Crippen LogP contribution is 2.34. The van der Waals surface area contributed by atoms with Gasteiger partial charge in [0.2, 0.25) is 0 Å². The number of furan rings is 1. The Hall–Kier alpha value is -1.90. The van der Waals surface area contributed by atoms with E-state index in [1.165, 1.54) is 5.56 Å². The van der Waals surface area contributed by atoms with Crippen LogP contribution in [0.2, 0.25) is 0 Å². The van der Waals surface area contributed by atoms with Crippen molar-refractivity contribution in [3.8, 4) is 5.75 Å². The van der Waals surface area contributed by atoms with Gasteiger partial charge in [-0.1, -0.05) is 33.8 Å². The zero-order valence-corrected chi connectivity index (χ0v) is 13.6. The first-order valence-corrected chi connectivity index (χ1v) is 7.44. The fraction of sp³-hybridized carbons (Fsp3) is 0.444. The average Bonchev–Trinajstić information content (AvgIpc) is 2.97. The molecule has 1 aromatic carbocycles. The summed E-state index contributed by atoms with van der Waals surface area (Å²) in [4.78, 5) is 0. The van der Waals surface area contributed by atoms with Gasteiger partial charge >= 0.3 is 0 Å². The van der Waals surface area contributed by atoms with Gasteiger partial charge in [-0.25, -0.2) is 0 Å². The molecule has 1 atom stereocenters. The van der Waals surface area contributed by atoms with E-state index in [1.54, 1.807) is 13.4 Å². The molecule has 0 spiro atoms. The second kappa shape index (κ2) is 6.25. The fourth-order valence-corrected chi connectivity index (χ4v) is 2.34. The number of anilines is 1. The monoisotopic (exact) mass is 287 g/mol. The van der Waals surface area contributed by atoms with Crippen LogP contribution in [0.5, 0.6) is 5.75 Å². The van der Waals surface area contributed by atoms with Gasteiger partial charge in [0.1, 0.15) is 11.5 Å². The maximum Gasteiger partial charge on any atom is 0.141 e. The molecule has 0 amide bonds. The lowest BCUT2D eigenvalue weighted by atomic mass is 9.86. The van der Waals surface area contributed by atoms with Crippen LogP contribution in [-0.2, 0) is 5.41 Å². The molecule has 0 aliphatic heterocycles. The van der Waals surface area contributed by atoms with Crippen molar-refractivity contribution in [3.05, 3.63) is 47.9 Å². The van der Waals surface area contributed by atoms with Crippen molar-refractivity contribution in [2.75, 3.05) is 12.4 Å². The highest BCUT2D eigenvalue weighted by atomic mass is 16.5. The third kappa shape index (κ3) is 3.60. The van der Waals surface area contributed by atoms with Crippen molar-refractivity contribution in [2.45, 2.75) is 45.6 Å². The quantitative estimate of drug-likeness (QED) is 0.826. The summed E-state index contributed by atoms with van der Waals surface area (Å²) in [6, 6.07) is 10.4. The van der Waals surface area contributed by atoms with Crippen molar-refractivity contribution in [1.82, 2.24) is 0 Å². The summed E-state index contributed by atoms with van der Waals surface area (Å²) < 4.78 is 11.0. The molecule has 0 fully saturated rings. The maximum atomic E-state index is 5.53. The summed E-state index contributed by atoms with van der Waals surface area (Å²) in [6.45, 7) is 8.77. The second-order valence-electron chi connectivity index (χ2n) is 6.29. The van der Waals surface area contributed by atoms with Crippen molar-refractivity contribution < 1.29 is 9.15 Å². The Balaban J connectivity index is 2.32. The van der Waals surface area contributed by atoms with Gasteiger partial charge in [-0.3, -0.25) is 0 Å². The molecule has 1 N–H and O–H groups in total. The molecular weight excluding hydrogens is 262 g/mol. The average molecular weight is 287 g/mol. The van der Waals surface area contributed by atoms with Crippen molar-refractivity contribution in [2.24, 2.45) is 0 Å². The van der Waals surface area contributed by atoms with Crippen LogP contribution in [0.1, 0.15) is 51.5 Å². The van der Waals surface area contributed by atoms with Gasteiger partial charge in [0.15, 0.2) is 0 Å². The summed E-state index contributed by atoms with van der Waals surface area (Å²) >= 11 is 0. The number of rotatable bonds is 5. The molecule has 1 aromatic heterocycles. The lowest BCUT2D eigenvalue weighted by Gasteiger charge is -2.23. The van der Waals surface area contributed by atoms with E-state index in [4.69, 9.17) is 9.15 Å². The molecule has 0 saturated heterocycles. The Morgan fingerprint density at radius 3 is 2.52 bits per heavy atom. The maximum absolute atomic E-state index is 5.53. The van der Waals surface area contributed by atoms with Gasteiger partial charge in [-0.05, 0) is 41.7 Å². The van der Waals surface area contributed by atoms with E-state index in [9.17, 15) is 0 Å². The second-order valence-corrected chi connectivity index (χ2v) is 6.29. The molecule has 1 heterocycles. The third-order valence-corrected chi connectivity index (χ3v) is 3.69. The standard InChI is InChI=1S/C18H25NO2/c1-6-14(17-8-7-11-21-17)19-15-12-13(18(2,3)4)9-10-16(15)20-5/h7-12,14,19H,6H2,1-5H3. The first-order chi connectivity index (χ1) is 9.95. The Kier molecular flexibility index (Phi) is 4.61. The first-order valence-electron chi connectivity index (χ1n) is 7.44. The van der Waals surface area contributed by atoms with E-state index in [0.717, 1.165) is 23.6 Å². The Morgan fingerprint density at radius 2 is 2.00 bits per heavy atom. The van der Waals surface area contributed by atoms with Gasteiger partial charge in [-0.15, -0.1) is 0 Å².